The number of nitrogens with one attached hydrogen (secondary N) is 1. The molecule has 2 aromatic carbocycles. The molecular weight excluding hydrogens is 318 g/mol. The second-order valence-corrected chi connectivity index (χ2v) is 5.72. The van der Waals surface area contributed by atoms with Crippen LogP contribution in [-0.2, 0) is 6.42 Å². The van der Waals surface area contributed by atoms with Crippen LogP contribution in [0.25, 0.3) is 11.0 Å². The maximum atomic E-state index is 12.5. The van der Waals surface area contributed by atoms with E-state index in [4.69, 9.17) is 13.9 Å². The number of carbonyl (C=O) groups is 1. The second-order valence-electron chi connectivity index (χ2n) is 5.72. The normalized spacial score (nSPS) is 10.7. The van der Waals surface area contributed by atoms with Gasteiger partial charge in [0.25, 0.3) is 5.91 Å². The van der Waals surface area contributed by atoms with Gasteiger partial charge < -0.3 is 19.2 Å². The van der Waals surface area contributed by atoms with Crippen LogP contribution in [0.5, 0.6) is 11.5 Å². The molecule has 1 N–H and O–H groups in total. The van der Waals surface area contributed by atoms with E-state index >= 15 is 0 Å². The van der Waals surface area contributed by atoms with Gasteiger partial charge >= 0.3 is 0 Å². The summed E-state index contributed by atoms with van der Waals surface area (Å²) in [6.07, 6.45) is 0.695. The van der Waals surface area contributed by atoms with Crippen LogP contribution in [0.3, 0.4) is 0 Å². The Hall–Kier alpha value is -2.95. The molecule has 0 bridgehead atoms. The number of benzene rings is 2. The van der Waals surface area contributed by atoms with E-state index < -0.39 is 0 Å². The fourth-order valence-electron chi connectivity index (χ4n) is 2.89. The number of fused-ring (bicyclic) bond motifs is 1. The Morgan fingerprint density at radius 1 is 1.08 bits per heavy atom. The average molecular weight is 339 g/mol. The number of amides is 1. The van der Waals surface area contributed by atoms with Crippen molar-refractivity contribution in [3.05, 3.63) is 59.4 Å². The molecule has 0 saturated heterocycles. The van der Waals surface area contributed by atoms with Crippen LogP contribution in [0.15, 0.2) is 46.9 Å². The quantitative estimate of drug-likeness (QED) is 0.743. The summed E-state index contributed by atoms with van der Waals surface area (Å²) >= 11 is 0. The largest absolute Gasteiger partial charge is 0.493 e. The van der Waals surface area contributed by atoms with Crippen LogP contribution in [0.1, 0.15) is 21.7 Å². The molecule has 0 spiro atoms. The molecule has 25 heavy (non-hydrogen) atoms. The van der Waals surface area contributed by atoms with Gasteiger partial charge in [0.2, 0.25) is 0 Å². The molecule has 5 nitrogen and oxygen atoms in total. The molecule has 0 radical (unpaired) electrons. The van der Waals surface area contributed by atoms with Crippen molar-refractivity contribution in [1.29, 1.82) is 0 Å². The third-order valence-electron chi connectivity index (χ3n) is 4.15. The first-order valence-electron chi connectivity index (χ1n) is 8.11. The molecule has 0 atom stereocenters. The molecule has 0 aliphatic heterocycles. The average Bonchev–Trinajstić information content (AvgIpc) is 2.97. The molecule has 0 saturated carbocycles. The van der Waals surface area contributed by atoms with E-state index in [9.17, 15) is 4.79 Å². The third kappa shape index (κ3) is 3.45. The number of furan rings is 1. The summed E-state index contributed by atoms with van der Waals surface area (Å²) in [4.78, 5) is 12.5. The van der Waals surface area contributed by atoms with Crippen molar-refractivity contribution in [3.63, 3.8) is 0 Å². The smallest absolute Gasteiger partial charge is 0.255 e. The zero-order chi connectivity index (χ0) is 17.8. The number of hydrogen-bond acceptors (Lipinski definition) is 4. The van der Waals surface area contributed by atoms with Gasteiger partial charge in [0.15, 0.2) is 11.5 Å². The van der Waals surface area contributed by atoms with Gasteiger partial charge in [-0.25, -0.2) is 0 Å². The minimum atomic E-state index is -0.122. The number of para-hydroxylation sites is 1. The Kier molecular flexibility index (Phi) is 4.93. The summed E-state index contributed by atoms with van der Waals surface area (Å²) in [5, 5.41) is 3.80. The first kappa shape index (κ1) is 16.9. The summed E-state index contributed by atoms with van der Waals surface area (Å²) in [6, 6.07) is 13.3. The zero-order valence-electron chi connectivity index (χ0n) is 14.6. The Morgan fingerprint density at radius 2 is 1.84 bits per heavy atom. The fraction of sp³-hybridized carbons (Fsp3) is 0.250. The van der Waals surface area contributed by atoms with Gasteiger partial charge in [0, 0.05) is 11.9 Å². The maximum Gasteiger partial charge on any atom is 0.255 e. The van der Waals surface area contributed by atoms with Crippen LogP contribution in [0.4, 0.5) is 0 Å². The van der Waals surface area contributed by atoms with Crippen LogP contribution in [0.2, 0.25) is 0 Å². The van der Waals surface area contributed by atoms with Crippen LogP contribution < -0.4 is 14.8 Å². The number of rotatable bonds is 6. The maximum absolute atomic E-state index is 12.5. The van der Waals surface area contributed by atoms with E-state index in [0.29, 0.717) is 35.8 Å². The van der Waals surface area contributed by atoms with Crippen LogP contribution in [-0.4, -0.2) is 26.7 Å². The van der Waals surface area contributed by atoms with Crippen LogP contribution >= 0.6 is 0 Å². The second kappa shape index (κ2) is 7.30. The molecule has 1 heterocycles. The topological polar surface area (TPSA) is 60.7 Å². The van der Waals surface area contributed by atoms with E-state index in [1.807, 2.05) is 49.4 Å². The van der Waals surface area contributed by atoms with Gasteiger partial charge in [-0.05, 0) is 37.1 Å². The highest BCUT2D eigenvalue weighted by Gasteiger charge is 2.17. The van der Waals surface area contributed by atoms with Crippen molar-refractivity contribution in [1.82, 2.24) is 5.32 Å². The molecule has 3 rings (SSSR count). The van der Waals surface area contributed by atoms with E-state index in [1.165, 1.54) is 0 Å². The number of carbonyl (C=O) groups excluding carboxylic acids is 1. The molecule has 130 valence electrons. The summed E-state index contributed by atoms with van der Waals surface area (Å²) in [5.41, 5.74) is 2.39. The van der Waals surface area contributed by atoms with Gasteiger partial charge in [-0.2, -0.15) is 0 Å². The Balaban J connectivity index is 1.67. The Bertz CT molecular complexity index is 898. The minimum absolute atomic E-state index is 0.122. The van der Waals surface area contributed by atoms with Gasteiger partial charge in [0.05, 0.1) is 19.8 Å². The Labute approximate surface area is 146 Å². The molecule has 0 aliphatic carbocycles. The number of methoxy groups -OCH3 is 2. The third-order valence-corrected chi connectivity index (χ3v) is 4.15. The van der Waals surface area contributed by atoms with Crippen molar-refractivity contribution in [2.24, 2.45) is 0 Å². The number of hydrogen-bond donors (Lipinski definition) is 1. The van der Waals surface area contributed by atoms with E-state index in [1.54, 1.807) is 14.2 Å². The van der Waals surface area contributed by atoms with Gasteiger partial charge in [-0.15, -0.1) is 0 Å². The molecule has 0 unspecified atom stereocenters. The first-order chi connectivity index (χ1) is 12.1. The predicted octanol–water partition coefficient (Wildman–Crippen LogP) is 3.73. The molecular formula is C20H21NO4. The van der Waals surface area contributed by atoms with Crippen molar-refractivity contribution >= 4 is 16.9 Å². The lowest BCUT2D eigenvalue weighted by molar-refractivity contribution is 0.0954. The lowest BCUT2D eigenvalue weighted by atomic mass is 10.1. The summed E-state index contributed by atoms with van der Waals surface area (Å²) in [6.45, 7) is 2.33. The van der Waals surface area contributed by atoms with E-state index in [2.05, 4.69) is 5.32 Å². The van der Waals surface area contributed by atoms with Crippen LogP contribution in [0, 0.1) is 6.92 Å². The number of aryl methyl sites for hydroxylation is 1. The zero-order valence-corrected chi connectivity index (χ0v) is 14.6. The predicted molar refractivity (Wildman–Crippen MR) is 96.5 cm³/mol. The monoisotopic (exact) mass is 339 g/mol. The van der Waals surface area contributed by atoms with Crippen molar-refractivity contribution < 1.29 is 18.7 Å². The van der Waals surface area contributed by atoms with Gasteiger partial charge in [-0.3, -0.25) is 4.79 Å². The van der Waals surface area contributed by atoms with Crippen molar-refractivity contribution in [2.75, 3.05) is 20.8 Å². The standard InChI is InChI=1S/C20H21NO4/c1-13-19(15-6-4-5-7-16(15)25-13)20(22)21-11-10-14-8-9-17(23-2)18(12-14)24-3/h4-9,12H,10-11H2,1-3H3,(H,21,22). The van der Waals surface area contributed by atoms with Crippen molar-refractivity contribution in [3.8, 4) is 11.5 Å². The summed E-state index contributed by atoms with van der Waals surface area (Å²) < 4.78 is 16.2. The van der Waals surface area contributed by atoms with E-state index in [-0.39, 0.29) is 5.91 Å². The molecule has 1 amide bonds. The lowest BCUT2D eigenvalue weighted by Crippen LogP contribution is -2.26. The highest BCUT2D eigenvalue weighted by Crippen LogP contribution is 2.28. The highest BCUT2D eigenvalue weighted by atomic mass is 16.5. The fourth-order valence-corrected chi connectivity index (χ4v) is 2.89. The van der Waals surface area contributed by atoms with Gasteiger partial charge in [-0.1, -0.05) is 24.3 Å². The van der Waals surface area contributed by atoms with E-state index in [0.717, 1.165) is 16.5 Å². The summed E-state index contributed by atoms with van der Waals surface area (Å²) in [5.74, 6) is 1.88. The minimum Gasteiger partial charge on any atom is -0.493 e. The number of ether oxygens (including phenoxy) is 2. The van der Waals surface area contributed by atoms with Crippen molar-refractivity contribution in [2.45, 2.75) is 13.3 Å². The molecule has 3 aromatic rings. The first-order valence-corrected chi connectivity index (χ1v) is 8.11. The Morgan fingerprint density at radius 3 is 2.60 bits per heavy atom. The molecule has 5 heteroatoms. The lowest BCUT2D eigenvalue weighted by Gasteiger charge is -2.10. The SMILES string of the molecule is COc1ccc(CCNC(=O)c2c(C)oc3ccccc23)cc1OC. The molecule has 1 aromatic heterocycles. The molecule has 0 aliphatic rings. The molecule has 0 fully saturated rings. The van der Waals surface area contributed by atoms with Gasteiger partial charge in [0.1, 0.15) is 11.3 Å². The highest BCUT2D eigenvalue weighted by molar-refractivity contribution is 6.07. The summed E-state index contributed by atoms with van der Waals surface area (Å²) in [7, 11) is 3.21.